The van der Waals surface area contributed by atoms with Crippen molar-refractivity contribution in [2.24, 2.45) is 0 Å². The summed E-state index contributed by atoms with van der Waals surface area (Å²) >= 11 is 0. The summed E-state index contributed by atoms with van der Waals surface area (Å²) in [7, 11) is 0. The number of carbonyl (C=O) groups is 1. The lowest BCUT2D eigenvalue weighted by atomic mass is 10.0. The first-order valence-corrected chi connectivity index (χ1v) is 9.33. The van der Waals surface area contributed by atoms with Gasteiger partial charge in [-0.05, 0) is 50.9 Å². The maximum atomic E-state index is 13.0. The summed E-state index contributed by atoms with van der Waals surface area (Å²) in [4.78, 5) is 21.7. The molecule has 4 rings (SSSR count). The molecule has 2 aliphatic rings. The summed E-state index contributed by atoms with van der Waals surface area (Å²) in [6, 6.07) is 4.03. The van der Waals surface area contributed by atoms with Crippen molar-refractivity contribution >= 4 is 5.91 Å². The lowest BCUT2D eigenvalue weighted by Gasteiger charge is -2.38. The van der Waals surface area contributed by atoms with Gasteiger partial charge in [-0.25, -0.2) is 4.98 Å². The van der Waals surface area contributed by atoms with Crippen LogP contribution in [0.25, 0.3) is 11.5 Å². The van der Waals surface area contributed by atoms with E-state index in [1.807, 2.05) is 4.90 Å². The number of carbonyl (C=O) groups excluding carboxylic acids is 1. The smallest absolute Gasteiger partial charge is 0.276 e. The van der Waals surface area contributed by atoms with Gasteiger partial charge >= 0.3 is 0 Å². The van der Waals surface area contributed by atoms with Gasteiger partial charge in [0.25, 0.3) is 5.91 Å². The van der Waals surface area contributed by atoms with Crippen LogP contribution in [0, 0.1) is 0 Å². The van der Waals surface area contributed by atoms with Gasteiger partial charge in [0.05, 0.1) is 6.26 Å². The lowest BCUT2D eigenvalue weighted by molar-refractivity contribution is 0.0574. The van der Waals surface area contributed by atoms with E-state index in [0.29, 0.717) is 23.3 Å². The van der Waals surface area contributed by atoms with E-state index in [1.165, 1.54) is 38.5 Å². The van der Waals surface area contributed by atoms with Crippen molar-refractivity contribution < 1.29 is 13.6 Å². The number of aromatic nitrogens is 1. The number of rotatable bonds is 3. The van der Waals surface area contributed by atoms with Gasteiger partial charge in [-0.3, -0.25) is 9.69 Å². The van der Waals surface area contributed by atoms with Crippen LogP contribution in [0.5, 0.6) is 0 Å². The molecule has 0 saturated carbocycles. The molecule has 2 saturated heterocycles. The van der Waals surface area contributed by atoms with E-state index in [9.17, 15) is 4.79 Å². The number of oxazole rings is 1. The van der Waals surface area contributed by atoms with Crippen LogP contribution in [0.2, 0.25) is 0 Å². The average molecular weight is 343 g/mol. The van der Waals surface area contributed by atoms with Crippen LogP contribution in [0.3, 0.4) is 0 Å². The molecule has 2 aromatic rings. The van der Waals surface area contributed by atoms with Crippen molar-refractivity contribution in [3.8, 4) is 11.5 Å². The molecule has 2 aromatic heterocycles. The van der Waals surface area contributed by atoms with Gasteiger partial charge < -0.3 is 13.7 Å². The Hall–Kier alpha value is -2.08. The third-order valence-corrected chi connectivity index (χ3v) is 5.36. The Morgan fingerprint density at radius 1 is 1.08 bits per heavy atom. The summed E-state index contributed by atoms with van der Waals surface area (Å²) in [5.41, 5.74) is 0.353. The van der Waals surface area contributed by atoms with Gasteiger partial charge in [-0.2, -0.15) is 0 Å². The van der Waals surface area contributed by atoms with Gasteiger partial charge in [0, 0.05) is 19.1 Å². The third-order valence-electron chi connectivity index (χ3n) is 5.36. The molecule has 4 heterocycles. The van der Waals surface area contributed by atoms with Crippen molar-refractivity contribution in [1.82, 2.24) is 14.8 Å². The number of hydrogen-bond acceptors (Lipinski definition) is 5. The standard InChI is InChI=1S/C19H25N3O3/c23-19(17-18(25-14-20-17)16-8-6-12-24-16)22-11-5-7-15(13-22)21-9-3-1-2-4-10-21/h6,8,12,14-15H,1-5,7,9-11,13H2/t15-/m1/s1. The highest BCUT2D eigenvalue weighted by Crippen LogP contribution is 2.26. The fourth-order valence-electron chi connectivity index (χ4n) is 4.03. The zero-order valence-electron chi connectivity index (χ0n) is 14.5. The van der Waals surface area contributed by atoms with Crippen molar-refractivity contribution in [2.45, 2.75) is 44.6 Å². The summed E-state index contributed by atoms with van der Waals surface area (Å²) in [5, 5.41) is 0. The van der Waals surface area contributed by atoms with E-state index >= 15 is 0 Å². The molecule has 0 aliphatic carbocycles. The summed E-state index contributed by atoms with van der Waals surface area (Å²) in [5.74, 6) is 0.911. The van der Waals surface area contributed by atoms with Crippen LogP contribution in [0.1, 0.15) is 49.0 Å². The second-order valence-electron chi connectivity index (χ2n) is 7.00. The second-order valence-corrected chi connectivity index (χ2v) is 7.00. The van der Waals surface area contributed by atoms with E-state index < -0.39 is 0 Å². The molecule has 0 unspecified atom stereocenters. The van der Waals surface area contributed by atoms with Gasteiger partial charge in [0.2, 0.25) is 5.76 Å². The highest BCUT2D eigenvalue weighted by atomic mass is 16.4. The Balaban J connectivity index is 1.48. The zero-order valence-corrected chi connectivity index (χ0v) is 14.5. The Morgan fingerprint density at radius 2 is 1.92 bits per heavy atom. The molecule has 0 radical (unpaired) electrons. The van der Waals surface area contributed by atoms with E-state index in [0.717, 1.165) is 32.6 Å². The highest BCUT2D eigenvalue weighted by Gasteiger charge is 2.31. The number of amides is 1. The minimum absolute atomic E-state index is 0.0559. The fourth-order valence-corrected chi connectivity index (χ4v) is 4.03. The molecule has 1 atom stereocenters. The molecule has 0 N–H and O–H groups in total. The Morgan fingerprint density at radius 3 is 2.68 bits per heavy atom. The first-order valence-electron chi connectivity index (χ1n) is 9.33. The third kappa shape index (κ3) is 3.49. The normalized spacial score (nSPS) is 22.7. The van der Waals surface area contributed by atoms with Crippen molar-refractivity contribution in [3.05, 3.63) is 30.5 Å². The van der Waals surface area contributed by atoms with E-state index in [4.69, 9.17) is 8.83 Å². The van der Waals surface area contributed by atoms with Crippen LogP contribution in [-0.2, 0) is 0 Å². The molecular formula is C19H25N3O3. The van der Waals surface area contributed by atoms with Crippen LogP contribution < -0.4 is 0 Å². The molecule has 6 nitrogen and oxygen atoms in total. The molecule has 0 aromatic carbocycles. The lowest BCUT2D eigenvalue weighted by Crippen LogP contribution is -2.50. The zero-order chi connectivity index (χ0) is 17.1. The maximum Gasteiger partial charge on any atom is 0.276 e. The van der Waals surface area contributed by atoms with Gasteiger partial charge in [-0.1, -0.05) is 12.8 Å². The first-order chi connectivity index (χ1) is 12.3. The predicted octanol–water partition coefficient (Wildman–Crippen LogP) is 3.42. The van der Waals surface area contributed by atoms with Crippen LogP contribution in [-0.4, -0.2) is 52.9 Å². The van der Waals surface area contributed by atoms with E-state index in [1.54, 1.807) is 18.4 Å². The van der Waals surface area contributed by atoms with Crippen molar-refractivity contribution in [2.75, 3.05) is 26.2 Å². The average Bonchev–Trinajstić information content (AvgIpc) is 3.27. The SMILES string of the molecule is O=C(c1ncoc1-c1ccco1)N1CCC[C@@H](N2CCCCCC2)C1. The molecule has 134 valence electrons. The number of nitrogens with zero attached hydrogens (tertiary/aromatic N) is 3. The number of likely N-dealkylation sites (tertiary alicyclic amines) is 2. The molecule has 2 aliphatic heterocycles. The largest absolute Gasteiger partial charge is 0.461 e. The minimum Gasteiger partial charge on any atom is -0.461 e. The molecule has 0 bridgehead atoms. The first kappa shape index (κ1) is 16.4. The van der Waals surface area contributed by atoms with Crippen LogP contribution >= 0.6 is 0 Å². The highest BCUT2D eigenvalue weighted by molar-refractivity contribution is 5.97. The fraction of sp³-hybridized carbons (Fsp3) is 0.579. The number of piperidine rings is 1. The topological polar surface area (TPSA) is 62.7 Å². The van der Waals surface area contributed by atoms with Crippen LogP contribution in [0.4, 0.5) is 0 Å². The van der Waals surface area contributed by atoms with E-state index in [-0.39, 0.29) is 5.91 Å². The monoisotopic (exact) mass is 343 g/mol. The summed E-state index contributed by atoms with van der Waals surface area (Å²) in [6.45, 7) is 3.89. The Bertz CT molecular complexity index is 687. The molecule has 0 spiro atoms. The quantitative estimate of drug-likeness (QED) is 0.854. The Kier molecular flexibility index (Phi) is 4.88. The van der Waals surface area contributed by atoms with Crippen molar-refractivity contribution in [1.29, 1.82) is 0 Å². The number of hydrogen-bond donors (Lipinski definition) is 0. The van der Waals surface area contributed by atoms with Gasteiger partial charge in [0.15, 0.2) is 17.8 Å². The predicted molar refractivity (Wildman–Crippen MR) is 93.2 cm³/mol. The van der Waals surface area contributed by atoms with Gasteiger partial charge in [0.1, 0.15) is 0 Å². The Labute approximate surface area is 147 Å². The minimum atomic E-state index is -0.0559. The number of furan rings is 1. The molecule has 1 amide bonds. The second kappa shape index (κ2) is 7.44. The maximum absolute atomic E-state index is 13.0. The molecule has 2 fully saturated rings. The molecular weight excluding hydrogens is 318 g/mol. The molecule has 6 heteroatoms. The molecule has 25 heavy (non-hydrogen) atoms. The van der Waals surface area contributed by atoms with E-state index in [2.05, 4.69) is 9.88 Å². The van der Waals surface area contributed by atoms with Gasteiger partial charge in [-0.15, -0.1) is 0 Å². The van der Waals surface area contributed by atoms with Crippen LogP contribution in [0.15, 0.2) is 33.6 Å². The summed E-state index contributed by atoms with van der Waals surface area (Å²) in [6.07, 6.45) is 10.3. The van der Waals surface area contributed by atoms with Crippen molar-refractivity contribution in [3.63, 3.8) is 0 Å². The summed E-state index contributed by atoms with van der Waals surface area (Å²) < 4.78 is 10.8.